The van der Waals surface area contributed by atoms with Gasteiger partial charge in [0, 0.05) is 18.8 Å². The number of hydrogen-bond donors (Lipinski definition) is 1. The molecule has 0 amide bonds. The summed E-state index contributed by atoms with van der Waals surface area (Å²) in [6.07, 6.45) is 3.19. The van der Waals surface area contributed by atoms with Crippen molar-refractivity contribution in [2.24, 2.45) is 10.7 Å². The quantitative estimate of drug-likeness (QED) is 0.652. The number of aryl methyl sites for hydroxylation is 1. The fourth-order valence-corrected chi connectivity index (χ4v) is 3.76. The molecule has 5 heteroatoms. The molecule has 0 atom stereocenters. The van der Waals surface area contributed by atoms with Gasteiger partial charge >= 0.3 is 0 Å². The number of allylic oxidation sites excluding steroid dienone is 1. The van der Waals surface area contributed by atoms with Crippen molar-refractivity contribution >= 4 is 28.5 Å². The number of rotatable bonds is 5. The number of aliphatic imine (C=N–C) groups is 1. The zero-order valence-electron chi connectivity index (χ0n) is 15.0. The van der Waals surface area contributed by atoms with Crippen molar-refractivity contribution in [2.75, 3.05) is 32.1 Å². The van der Waals surface area contributed by atoms with E-state index < -0.39 is 0 Å². The Morgan fingerprint density at radius 1 is 1.28 bits per heavy atom. The second-order valence-corrected chi connectivity index (χ2v) is 7.58. The maximum absolute atomic E-state index is 6.26. The second-order valence-electron chi connectivity index (χ2n) is 6.63. The van der Waals surface area contributed by atoms with E-state index in [0.29, 0.717) is 5.84 Å². The van der Waals surface area contributed by atoms with Crippen LogP contribution in [0.1, 0.15) is 23.3 Å². The third-order valence-corrected chi connectivity index (χ3v) is 5.34. The van der Waals surface area contributed by atoms with Crippen molar-refractivity contribution in [2.45, 2.75) is 19.3 Å². The van der Waals surface area contributed by atoms with E-state index in [2.05, 4.69) is 48.7 Å². The van der Waals surface area contributed by atoms with Crippen molar-refractivity contribution in [1.82, 2.24) is 4.90 Å². The summed E-state index contributed by atoms with van der Waals surface area (Å²) in [5, 5.41) is 2.02. The molecule has 1 aliphatic rings. The van der Waals surface area contributed by atoms with E-state index in [9.17, 15) is 0 Å². The molecule has 1 aromatic heterocycles. The molecule has 3 rings (SSSR count). The highest BCUT2D eigenvalue weighted by Crippen LogP contribution is 2.38. The minimum Gasteiger partial charge on any atom is -0.383 e. The molecule has 25 heavy (non-hydrogen) atoms. The van der Waals surface area contributed by atoms with Gasteiger partial charge in [-0.1, -0.05) is 24.8 Å². The third kappa shape index (κ3) is 4.11. The summed E-state index contributed by atoms with van der Waals surface area (Å²) in [6, 6.07) is 10.3. The van der Waals surface area contributed by atoms with Gasteiger partial charge in [0.2, 0.25) is 0 Å². The molecule has 0 aliphatic carbocycles. The lowest BCUT2D eigenvalue weighted by Crippen LogP contribution is -2.31. The first-order chi connectivity index (χ1) is 12.1. The highest BCUT2D eigenvalue weighted by atomic mass is 32.1. The van der Waals surface area contributed by atoms with Gasteiger partial charge in [-0.25, -0.2) is 4.99 Å². The number of nitrogens with two attached hydrogens (primary N) is 1. The molecule has 0 spiro atoms. The number of hydrogen-bond acceptors (Lipinski definition) is 4. The molecular weight excluding hydrogens is 328 g/mol. The summed E-state index contributed by atoms with van der Waals surface area (Å²) in [5.41, 5.74) is 10.9. The SMILES string of the molecule is C=C1CCCc2cccc(N=C(N)c3cccs3)c2N1CCN(C)C. The molecule has 1 aromatic carbocycles. The molecule has 0 unspecified atom stereocenters. The van der Waals surface area contributed by atoms with Crippen molar-refractivity contribution in [3.8, 4) is 0 Å². The van der Waals surface area contributed by atoms with Crippen LogP contribution in [-0.4, -0.2) is 37.9 Å². The lowest BCUT2D eigenvalue weighted by molar-refractivity contribution is 0.416. The van der Waals surface area contributed by atoms with Gasteiger partial charge in [-0.15, -0.1) is 11.3 Å². The first-order valence-electron chi connectivity index (χ1n) is 8.66. The lowest BCUT2D eigenvalue weighted by atomic mass is 10.1. The molecule has 2 aromatic rings. The molecule has 0 bridgehead atoms. The lowest BCUT2D eigenvalue weighted by Gasteiger charge is -2.29. The van der Waals surface area contributed by atoms with Gasteiger partial charge in [0.05, 0.1) is 16.3 Å². The molecule has 2 N–H and O–H groups in total. The maximum Gasteiger partial charge on any atom is 0.141 e. The van der Waals surface area contributed by atoms with Crippen molar-refractivity contribution < 1.29 is 0 Å². The molecule has 0 saturated carbocycles. The Labute approximate surface area is 154 Å². The zero-order valence-corrected chi connectivity index (χ0v) is 15.9. The number of nitrogens with zero attached hydrogens (tertiary/aromatic N) is 3. The van der Waals surface area contributed by atoms with E-state index in [1.54, 1.807) is 11.3 Å². The summed E-state index contributed by atoms with van der Waals surface area (Å²) in [5.74, 6) is 0.575. The summed E-state index contributed by atoms with van der Waals surface area (Å²) >= 11 is 1.61. The van der Waals surface area contributed by atoms with E-state index in [-0.39, 0.29) is 0 Å². The summed E-state index contributed by atoms with van der Waals surface area (Å²) in [6.45, 7) is 6.21. The summed E-state index contributed by atoms with van der Waals surface area (Å²) in [7, 11) is 4.20. The largest absolute Gasteiger partial charge is 0.383 e. The fraction of sp³-hybridized carbons (Fsp3) is 0.350. The Morgan fingerprint density at radius 2 is 2.12 bits per heavy atom. The topological polar surface area (TPSA) is 44.9 Å². The monoisotopic (exact) mass is 354 g/mol. The Balaban J connectivity index is 2.03. The van der Waals surface area contributed by atoms with Gasteiger partial charge in [-0.05, 0) is 56.4 Å². The maximum atomic E-state index is 6.26. The normalized spacial score (nSPS) is 15.4. The smallest absolute Gasteiger partial charge is 0.141 e. The van der Waals surface area contributed by atoms with Gasteiger partial charge in [0.1, 0.15) is 5.84 Å². The second kappa shape index (κ2) is 7.85. The van der Waals surface area contributed by atoms with Crippen LogP contribution in [0.25, 0.3) is 0 Å². The van der Waals surface area contributed by atoms with Gasteiger partial charge in [-0.2, -0.15) is 0 Å². The summed E-state index contributed by atoms with van der Waals surface area (Å²) < 4.78 is 0. The van der Waals surface area contributed by atoms with Gasteiger partial charge in [0.15, 0.2) is 0 Å². The minimum absolute atomic E-state index is 0.575. The van der Waals surface area contributed by atoms with Gasteiger partial charge < -0.3 is 15.5 Å². The number of anilines is 1. The Bertz CT molecular complexity index is 762. The molecular formula is C20H26N4S. The highest BCUT2D eigenvalue weighted by Gasteiger charge is 2.21. The Hall–Kier alpha value is -2.11. The van der Waals surface area contributed by atoms with Crippen LogP contribution in [0, 0.1) is 0 Å². The number of fused-ring (bicyclic) bond motifs is 1. The van der Waals surface area contributed by atoms with Gasteiger partial charge in [0.25, 0.3) is 0 Å². The van der Waals surface area contributed by atoms with Crippen molar-refractivity contribution in [3.63, 3.8) is 0 Å². The number of thiophene rings is 1. The van der Waals surface area contributed by atoms with Crippen LogP contribution in [0.5, 0.6) is 0 Å². The predicted molar refractivity (Wildman–Crippen MR) is 109 cm³/mol. The van der Waals surface area contributed by atoms with E-state index in [4.69, 9.17) is 10.7 Å². The molecule has 0 saturated heterocycles. The van der Waals surface area contributed by atoms with E-state index in [1.807, 2.05) is 17.5 Å². The average Bonchev–Trinajstić information content (AvgIpc) is 3.06. The van der Waals surface area contributed by atoms with Crippen LogP contribution in [0.4, 0.5) is 11.4 Å². The van der Waals surface area contributed by atoms with Crippen molar-refractivity contribution in [3.05, 3.63) is 58.4 Å². The molecule has 132 valence electrons. The zero-order chi connectivity index (χ0) is 17.8. The van der Waals surface area contributed by atoms with E-state index in [1.165, 1.54) is 11.3 Å². The first-order valence-corrected chi connectivity index (χ1v) is 9.54. The van der Waals surface area contributed by atoms with E-state index >= 15 is 0 Å². The van der Waals surface area contributed by atoms with Crippen LogP contribution in [0.2, 0.25) is 0 Å². The number of benzene rings is 1. The predicted octanol–water partition coefficient (Wildman–Crippen LogP) is 4.00. The molecule has 2 heterocycles. The van der Waals surface area contributed by atoms with Crippen LogP contribution in [-0.2, 0) is 6.42 Å². The minimum atomic E-state index is 0.575. The summed E-state index contributed by atoms with van der Waals surface area (Å²) in [4.78, 5) is 10.3. The van der Waals surface area contributed by atoms with Gasteiger partial charge in [-0.3, -0.25) is 0 Å². The molecule has 0 radical (unpaired) electrons. The standard InChI is InChI=1S/C20H26N4S/c1-15-7-4-8-16-9-5-10-17(19(16)24(15)13-12-23(2)3)22-20(21)18-11-6-14-25-18/h5-6,9-11,14H,1,4,7-8,12-13H2,2-3H3,(H2,21,22). The number of para-hydroxylation sites is 1. The number of likely N-dealkylation sites (N-methyl/N-ethyl adjacent to an activating group) is 1. The molecule has 4 nitrogen and oxygen atoms in total. The molecule has 0 fully saturated rings. The number of amidine groups is 1. The average molecular weight is 355 g/mol. The highest BCUT2D eigenvalue weighted by molar-refractivity contribution is 7.12. The van der Waals surface area contributed by atoms with Crippen LogP contribution in [0.15, 0.2) is 53.0 Å². The third-order valence-electron chi connectivity index (χ3n) is 4.45. The van der Waals surface area contributed by atoms with E-state index in [0.717, 1.165) is 48.6 Å². The van der Waals surface area contributed by atoms with Crippen molar-refractivity contribution in [1.29, 1.82) is 0 Å². The first kappa shape index (κ1) is 17.7. The molecule has 1 aliphatic heterocycles. The fourth-order valence-electron chi connectivity index (χ4n) is 3.14. The Morgan fingerprint density at radius 3 is 2.84 bits per heavy atom. The van der Waals surface area contributed by atoms with Crippen LogP contribution >= 0.6 is 11.3 Å². The Kier molecular flexibility index (Phi) is 5.56. The van der Waals surface area contributed by atoms with Crippen LogP contribution in [0.3, 0.4) is 0 Å². The van der Waals surface area contributed by atoms with Crippen LogP contribution < -0.4 is 10.6 Å².